The fourth-order valence-electron chi connectivity index (χ4n) is 2.58. The number of methoxy groups -OCH3 is 1. The molecule has 106 valence electrons. The van der Waals surface area contributed by atoms with Gasteiger partial charge in [0.25, 0.3) is 0 Å². The van der Waals surface area contributed by atoms with Gasteiger partial charge in [0.1, 0.15) is 5.75 Å². The van der Waals surface area contributed by atoms with Crippen LogP contribution in [0.15, 0.2) is 18.2 Å². The molecule has 1 aliphatic heterocycles. The van der Waals surface area contributed by atoms with Gasteiger partial charge in [-0.3, -0.25) is 4.90 Å². The fourth-order valence-corrected chi connectivity index (χ4v) is 2.58. The Kier molecular flexibility index (Phi) is 4.80. The van der Waals surface area contributed by atoms with Crippen LogP contribution in [0.4, 0.5) is 0 Å². The third kappa shape index (κ3) is 3.69. The summed E-state index contributed by atoms with van der Waals surface area (Å²) >= 11 is 0. The molecule has 1 heterocycles. The number of morpholine rings is 1. The van der Waals surface area contributed by atoms with Crippen LogP contribution in [0.1, 0.15) is 24.1 Å². The highest BCUT2D eigenvalue weighted by Crippen LogP contribution is 2.25. The SMILES string of the molecule is COc1ccc(C)cc1C(N)CN1CCOC(C)C1. The van der Waals surface area contributed by atoms with E-state index in [4.69, 9.17) is 15.2 Å². The molecule has 4 nitrogen and oxygen atoms in total. The molecule has 1 aromatic carbocycles. The predicted molar refractivity (Wildman–Crippen MR) is 76.5 cm³/mol. The Morgan fingerprint density at radius 2 is 2.32 bits per heavy atom. The first-order valence-corrected chi connectivity index (χ1v) is 6.84. The number of nitrogens with two attached hydrogens (primary N) is 1. The smallest absolute Gasteiger partial charge is 0.123 e. The quantitative estimate of drug-likeness (QED) is 0.899. The largest absolute Gasteiger partial charge is 0.496 e. The van der Waals surface area contributed by atoms with Gasteiger partial charge < -0.3 is 15.2 Å². The summed E-state index contributed by atoms with van der Waals surface area (Å²) in [6.45, 7) is 7.71. The summed E-state index contributed by atoms with van der Waals surface area (Å²) in [5.41, 5.74) is 8.65. The van der Waals surface area contributed by atoms with E-state index in [0.717, 1.165) is 37.6 Å². The van der Waals surface area contributed by atoms with Crippen LogP contribution < -0.4 is 10.5 Å². The summed E-state index contributed by atoms with van der Waals surface area (Å²) in [5.74, 6) is 0.874. The second kappa shape index (κ2) is 6.37. The van der Waals surface area contributed by atoms with E-state index in [1.807, 2.05) is 12.1 Å². The Morgan fingerprint density at radius 3 is 3.00 bits per heavy atom. The second-order valence-corrected chi connectivity index (χ2v) is 5.29. The standard InChI is InChI=1S/C15H24N2O2/c1-11-4-5-15(18-3)13(8-11)14(16)10-17-6-7-19-12(2)9-17/h4-5,8,12,14H,6-7,9-10,16H2,1-3H3. The molecule has 1 aliphatic rings. The van der Waals surface area contributed by atoms with E-state index in [0.29, 0.717) is 6.10 Å². The number of hydrogen-bond acceptors (Lipinski definition) is 4. The minimum atomic E-state index is -0.0276. The van der Waals surface area contributed by atoms with E-state index in [1.165, 1.54) is 5.56 Å². The molecule has 19 heavy (non-hydrogen) atoms. The van der Waals surface area contributed by atoms with Crippen LogP contribution in [-0.4, -0.2) is 44.4 Å². The van der Waals surface area contributed by atoms with Crippen molar-refractivity contribution in [2.75, 3.05) is 33.4 Å². The number of nitrogens with zero attached hydrogens (tertiary/aromatic N) is 1. The molecule has 0 aliphatic carbocycles. The van der Waals surface area contributed by atoms with Crippen LogP contribution in [0.2, 0.25) is 0 Å². The Labute approximate surface area is 115 Å². The Bertz CT molecular complexity index is 423. The van der Waals surface area contributed by atoms with Gasteiger partial charge in [0, 0.05) is 31.2 Å². The lowest BCUT2D eigenvalue weighted by molar-refractivity contribution is -0.0199. The maximum Gasteiger partial charge on any atom is 0.123 e. The van der Waals surface area contributed by atoms with Crippen molar-refractivity contribution < 1.29 is 9.47 Å². The van der Waals surface area contributed by atoms with Crippen LogP contribution >= 0.6 is 0 Å². The third-order valence-electron chi connectivity index (χ3n) is 3.56. The van der Waals surface area contributed by atoms with Gasteiger partial charge in [-0.15, -0.1) is 0 Å². The van der Waals surface area contributed by atoms with E-state index in [1.54, 1.807) is 7.11 Å². The van der Waals surface area contributed by atoms with Crippen molar-refractivity contribution in [3.05, 3.63) is 29.3 Å². The molecule has 0 aromatic heterocycles. The minimum absolute atomic E-state index is 0.0276. The molecule has 1 aromatic rings. The summed E-state index contributed by atoms with van der Waals surface area (Å²) in [6, 6.07) is 6.13. The molecule has 1 saturated heterocycles. The van der Waals surface area contributed by atoms with Gasteiger partial charge >= 0.3 is 0 Å². The average molecular weight is 264 g/mol. The predicted octanol–water partition coefficient (Wildman–Crippen LogP) is 1.72. The lowest BCUT2D eigenvalue weighted by Crippen LogP contribution is -2.44. The zero-order chi connectivity index (χ0) is 13.8. The highest BCUT2D eigenvalue weighted by Gasteiger charge is 2.21. The first kappa shape index (κ1) is 14.3. The summed E-state index contributed by atoms with van der Waals surface area (Å²) in [4.78, 5) is 2.36. The number of ether oxygens (including phenoxy) is 2. The molecule has 2 N–H and O–H groups in total. The van der Waals surface area contributed by atoms with Crippen molar-refractivity contribution >= 4 is 0 Å². The van der Waals surface area contributed by atoms with Crippen LogP contribution in [0.3, 0.4) is 0 Å². The van der Waals surface area contributed by atoms with Crippen molar-refractivity contribution in [1.82, 2.24) is 4.90 Å². The Balaban J connectivity index is 2.06. The van der Waals surface area contributed by atoms with E-state index in [9.17, 15) is 0 Å². The van der Waals surface area contributed by atoms with Crippen molar-refractivity contribution in [2.24, 2.45) is 5.73 Å². The lowest BCUT2D eigenvalue weighted by Gasteiger charge is -2.33. The zero-order valence-electron chi connectivity index (χ0n) is 12.1. The molecular weight excluding hydrogens is 240 g/mol. The first-order valence-electron chi connectivity index (χ1n) is 6.84. The molecule has 0 bridgehead atoms. The van der Waals surface area contributed by atoms with Crippen LogP contribution in [0.25, 0.3) is 0 Å². The first-order chi connectivity index (χ1) is 9.10. The van der Waals surface area contributed by atoms with E-state index in [-0.39, 0.29) is 6.04 Å². The van der Waals surface area contributed by atoms with Crippen molar-refractivity contribution in [3.8, 4) is 5.75 Å². The van der Waals surface area contributed by atoms with E-state index in [2.05, 4.69) is 24.8 Å². The highest BCUT2D eigenvalue weighted by molar-refractivity contribution is 5.39. The molecule has 0 spiro atoms. The maximum absolute atomic E-state index is 6.35. The molecule has 2 unspecified atom stereocenters. The Morgan fingerprint density at radius 1 is 1.53 bits per heavy atom. The van der Waals surface area contributed by atoms with Crippen molar-refractivity contribution in [2.45, 2.75) is 26.0 Å². The Hall–Kier alpha value is -1.10. The monoisotopic (exact) mass is 264 g/mol. The van der Waals surface area contributed by atoms with Gasteiger partial charge in [-0.05, 0) is 19.9 Å². The molecule has 2 atom stereocenters. The molecular formula is C15H24N2O2. The summed E-state index contributed by atoms with van der Waals surface area (Å²) in [5, 5.41) is 0. The second-order valence-electron chi connectivity index (χ2n) is 5.29. The average Bonchev–Trinajstić information content (AvgIpc) is 2.38. The van der Waals surface area contributed by atoms with Crippen molar-refractivity contribution in [1.29, 1.82) is 0 Å². The van der Waals surface area contributed by atoms with Crippen LogP contribution in [0.5, 0.6) is 5.75 Å². The van der Waals surface area contributed by atoms with Crippen molar-refractivity contribution in [3.63, 3.8) is 0 Å². The van der Waals surface area contributed by atoms with E-state index < -0.39 is 0 Å². The van der Waals surface area contributed by atoms with Crippen LogP contribution in [0, 0.1) is 6.92 Å². The molecule has 1 fully saturated rings. The topological polar surface area (TPSA) is 47.7 Å². The van der Waals surface area contributed by atoms with Gasteiger partial charge in [0.15, 0.2) is 0 Å². The van der Waals surface area contributed by atoms with Gasteiger partial charge in [0.05, 0.1) is 19.8 Å². The fraction of sp³-hybridized carbons (Fsp3) is 0.600. The normalized spacial score (nSPS) is 22.2. The van der Waals surface area contributed by atoms with Crippen LogP contribution in [-0.2, 0) is 4.74 Å². The molecule has 0 amide bonds. The maximum atomic E-state index is 6.35. The zero-order valence-corrected chi connectivity index (χ0v) is 12.1. The van der Waals surface area contributed by atoms with Gasteiger partial charge in [-0.25, -0.2) is 0 Å². The highest BCUT2D eigenvalue weighted by atomic mass is 16.5. The molecule has 0 saturated carbocycles. The molecule has 0 radical (unpaired) electrons. The van der Waals surface area contributed by atoms with Gasteiger partial charge in [-0.2, -0.15) is 0 Å². The lowest BCUT2D eigenvalue weighted by atomic mass is 10.0. The molecule has 2 rings (SSSR count). The number of hydrogen-bond donors (Lipinski definition) is 1. The summed E-state index contributed by atoms with van der Waals surface area (Å²) in [6.07, 6.45) is 0.292. The van der Waals surface area contributed by atoms with Gasteiger partial charge in [0.2, 0.25) is 0 Å². The van der Waals surface area contributed by atoms with E-state index >= 15 is 0 Å². The third-order valence-corrected chi connectivity index (χ3v) is 3.56. The number of benzene rings is 1. The minimum Gasteiger partial charge on any atom is -0.496 e. The summed E-state index contributed by atoms with van der Waals surface area (Å²) < 4.78 is 11.0. The number of rotatable bonds is 4. The number of aryl methyl sites for hydroxylation is 1. The van der Waals surface area contributed by atoms with Gasteiger partial charge in [-0.1, -0.05) is 17.7 Å². The molecule has 4 heteroatoms. The summed E-state index contributed by atoms with van der Waals surface area (Å²) in [7, 11) is 1.69.